The molecule has 0 aromatic carbocycles. The lowest BCUT2D eigenvalue weighted by Crippen LogP contribution is -2.20. The van der Waals surface area contributed by atoms with Crippen molar-refractivity contribution in [1.29, 1.82) is 0 Å². The third kappa shape index (κ3) is 3.40. The molecule has 5 heteroatoms. The molecule has 0 saturated carbocycles. The van der Waals surface area contributed by atoms with Gasteiger partial charge in [0, 0.05) is 18.3 Å². The molecule has 1 N–H and O–H groups in total. The van der Waals surface area contributed by atoms with Crippen LogP contribution in [0.3, 0.4) is 0 Å². The van der Waals surface area contributed by atoms with Crippen LogP contribution in [0.25, 0.3) is 5.82 Å². The van der Waals surface area contributed by atoms with E-state index in [0.29, 0.717) is 0 Å². The Bertz CT molecular complexity index is 519. The van der Waals surface area contributed by atoms with Gasteiger partial charge in [-0.05, 0) is 18.6 Å². The molecule has 0 saturated heterocycles. The zero-order valence-corrected chi connectivity index (χ0v) is 11.2. The monoisotopic (exact) mass is 258 g/mol. The number of nitrogens with one attached hydrogen (secondary N) is 1. The predicted octanol–water partition coefficient (Wildman–Crippen LogP) is 2.64. The Labute approximate surface area is 112 Å². The molecule has 1 atom stereocenters. The van der Waals surface area contributed by atoms with Gasteiger partial charge in [0.1, 0.15) is 12.1 Å². The average molecular weight is 258 g/mol. The SMILES string of the molecule is CCCC(C)C(=O)Nc1ccc(-n2ccnc2)nc1. The first-order chi connectivity index (χ1) is 9.20. The van der Waals surface area contributed by atoms with E-state index in [2.05, 4.69) is 22.2 Å². The Morgan fingerprint density at radius 1 is 1.47 bits per heavy atom. The number of anilines is 1. The number of carbonyl (C=O) groups is 1. The zero-order valence-electron chi connectivity index (χ0n) is 11.2. The lowest BCUT2D eigenvalue weighted by molar-refractivity contribution is -0.119. The molecular weight excluding hydrogens is 240 g/mol. The highest BCUT2D eigenvalue weighted by Crippen LogP contribution is 2.12. The largest absolute Gasteiger partial charge is 0.324 e. The van der Waals surface area contributed by atoms with Crippen molar-refractivity contribution in [2.24, 2.45) is 5.92 Å². The summed E-state index contributed by atoms with van der Waals surface area (Å²) in [5.74, 6) is 0.842. The minimum Gasteiger partial charge on any atom is -0.324 e. The maximum Gasteiger partial charge on any atom is 0.227 e. The van der Waals surface area contributed by atoms with Crippen molar-refractivity contribution in [3.8, 4) is 5.82 Å². The molecule has 0 aliphatic rings. The van der Waals surface area contributed by atoms with Crippen molar-refractivity contribution in [1.82, 2.24) is 14.5 Å². The Hall–Kier alpha value is -2.17. The number of hydrogen-bond donors (Lipinski definition) is 1. The quantitative estimate of drug-likeness (QED) is 0.896. The standard InChI is InChI=1S/C14H18N4O/c1-3-4-11(2)14(19)17-12-5-6-13(16-9-12)18-8-7-15-10-18/h5-11H,3-4H2,1-2H3,(H,17,19). The normalized spacial score (nSPS) is 12.1. The average Bonchev–Trinajstić information content (AvgIpc) is 2.94. The minimum atomic E-state index is 0.0262. The minimum absolute atomic E-state index is 0.0262. The maximum atomic E-state index is 11.9. The van der Waals surface area contributed by atoms with E-state index in [4.69, 9.17) is 0 Å². The predicted molar refractivity (Wildman–Crippen MR) is 74.1 cm³/mol. The van der Waals surface area contributed by atoms with Crippen LogP contribution in [0, 0.1) is 5.92 Å². The number of aromatic nitrogens is 3. The fourth-order valence-corrected chi connectivity index (χ4v) is 1.84. The molecule has 0 aliphatic carbocycles. The second kappa shape index (κ2) is 6.13. The fourth-order valence-electron chi connectivity index (χ4n) is 1.84. The molecule has 1 amide bonds. The van der Waals surface area contributed by atoms with Gasteiger partial charge in [0.05, 0.1) is 11.9 Å². The highest BCUT2D eigenvalue weighted by atomic mass is 16.1. The van der Waals surface area contributed by atoms with Gasteiger partial charge in [0.2, 0.25) is 5.91 Å². The molecule has 2 aromatic heterocycles. The van der Waals surface area contributed by atoms with E-state index in [0.717, 1.165) is 24.3 Å². The first kappa shape index (κ1) is 13.3. The smallest absolute Gasteiger partial charge is 0.227 e. The topological polar surface area (TPSA) is 59.8 Å². The van der Waals surface area contributed by atoms with Gasteiger partial charge >= 0.3 is 0 Å². The van der Waals surface area contributed by atoms with Crippen LogP contribution < -0.4 is 5.32 Å². The summed E-state index contributed by atoms with van der Waals surface area (Å²) in [5, 5.41) is 2.87. The number of imidazole rings is 1. The Morgan fingerprint density at radius 3 is 2.89 bits per heavy atom. The van der Waals surface area contributed by atoms with Gasteiger partial charge in [0.15, 0.2) is 0 Å². The molecule has 0 radical (unpaired) electrons. The third-order valence-electron chi connectivity index (χ3n) is 2.95. The van der Waals surface area contributed by atoms with Crippen LogP contribution in [0.4, 0.5) is 5.69 Å². The maximum absolute atomic E-state index is 11.9. The first-order valence-electron chi connectivity index (χ1n) is 6.46. The summed E-state index contributed by atoms with van der Waals surface area (Å²) in [6, 6.07) is 3.70. The second-order valence-corrected chi connectivity index (χ2v) is 4.55. The molecular formula is C14H18N4O. The van der Waals surface area contributed by atoms with E-state index in [1.165, 1.54) is 0 Å². The molecule has 1 unspecified atom stereocenters. The van der Waals surface area contributed by atoms with Crippen molar-refractivity contribution in [2.75, 3.05) is 5.32 Å². The summed E-state index contributed by atoms with van der Waals surface area (Å²) in [6.45, 7) is 4.01. The summed E-state index contributed by atoms with van der Waals surface area (Å²) >= 11 is 0. The van der Waals surface area contributed by atoms with Crippen molar-refractivity contribution in [3.05, 3.63) is 37.1 Å². The molecule has 0 bridgehead atoms. The number of rotatable bonds is 5. The van der Waals surface area contributed by atoms with Gasteiger partial charge in [0.25, 0.3) is 0 Å². The van der Waals surface area contributed by atoms with E-state index in [9.17, 15) is 4.79 Å². The van der Waals surface area contributed by atoms with Crippen LogP contribution in [-0.2, 0) is 4.79 Å². The van der Waals surface area contributed by atoms with Gasteiger partial charge in [-0.1, -0.05) is 20.3 Å². The van der Waals surface area contributed by atoms with Crippen LogP contribution in [0.2, 0.25) is 0 Å². The molecule has 2 aromatic rings. The van der Waals surface area contributed by atoms with Gasteiger partial charge in [-0.25, -0.2) is 9.97 Å². The van der Waals surface area contributed by atoms with E-state index in [-0.39, 0.29) is 11.8 Å². The fraction of sp³-hybridized carbons (Fsp3) is 0.357. The molecule has 0 spiro atoms. The van der Waals surface area contributed by atoms with Crippen LogP contribution in [-0.4, -0.2) is 20.4 Å². The van der Waals surface area contributed by atoms with E-state index in [1.54, 1.807) is 18.7 Å². The highest BCUT2D eigenvalue weighted by molar-refractivity contribution is 5.92. The van der Waals surface area contributed by atoms with E-state index in [1.807, 2.05) is 29.8 Å². The van der Waals surface area contributed by atoms with E-state index < -0.39 is 0 Å². The van der Waals surface area contributed by atoms with Crippen molar-refractivity contribution >= 4 is 11.6 Å². The molecule has 19 heavy (non-hydrogen) atoms. The Morgan fingerprint density at radius 2 is 2.32 bits per heavy atom. The third-order valence-corrected chi connectivity index (χ3v) is 2.95. The lowest BCUT2D eigenvalue weighted by Gasteiger charge is -2.11. The summed E-state index contributed by atoms with van der Waals surface area (Å²) in [7, 11) is 0. The molecule has 2 heterocycles. The molecule has 2 rings (SSSR count). The number of amides is 1. The summed E-state index contributed by atoms with van der Waals surface area (Å²) < 4.78 is 1.81. The summed E-state index contributed by atoms with van der Waals surface area (Å²) in [6.07, 6.45) is 8.77. The van der Waals surface area contributed by atoms with Crippen molar-refractivity contribution < 1.29 is 4.79 Å². The van der Waals surface area contributed by atoms with Crippen LogP contribution in [0.15, 0.2) is 37.1 Å². The molecule has 5 nitrogen and oxygen atoms in total. The zero-order chi connectivity index (χ0) is 13.7. The summed E-state index contributed by atoms with van der Waals surface area (Å²) in [4.78, 5) is 20.1. The molecule has 100 valence electrons. The number of nitrogens with zero attached hydrogens (tertiary/aromatic N) is 3. The number of hydrogen-bond acceptors (Lipinski definition) is 3. The van der Waals surface area contributed by atoms with Gasteiger partial charge < -0.3 is 5.32 Å². The van der Waals surface area contributed by atoms with Crippen LogP contribution >= 0.6 is 0 Å². The van der Waals surface area contributed by atoms with Gasteiger partial charge in [-0.15, -0.1) is 0 Å². The van der Waals surface area contributed by atoms with Crippen molar-refractivity contribution in [2.45, 2.75) is 26.7 Å². The Kier molecular flexibility index (Phi) is 4.28. The number of pyridine rings is 1. The summed E-state index contributed by atoms with van der Waals surface area (Å²) in [5.41, 5.74) is 0.719. The first-order valence-corrected chi connectivity index (χ1v) is 6.46. The Balaban J connectivity index is 2.01. The van der Waals surface area contributed by atoms with Crippen LogP contribution in [0.5, 0.6) is 0 Å². The van der Waals surface area contributed by atoms with E-state index >= 15 is 0 Å². The van der Waals surface area contributed by atoms with Crippen molar-refractivity contribution in [3.63, 3.8) is 0 Å². The number of carbonyl (C=O) groups excluding carboxylic acids is 1. The molecule has 0 fully saturated rings. The highest BCUT2D eigenvalue weighted by Gasteiger charge is 2.11. The lowest BCUT2D eigenvalue weighted by atomic mass is 10.1. The molecule has 0 aliphatic heterocycles. The van der Waals surface area contributed by atoms with Crippen LogP contribution in [0.1, 0.15) is 26.7 Å². The van der Waals surface area contributed by atoms with Gasteiger partial charge in [-0.3, -0.25) is 9.36 Å². The van der Waals surface area contributed by atoms with Gasteiger partial charge in [-0.2, -0.15) is 0 Å². The second-order valence-electron chi connectivity index (χ2n) is 4.55.